The first-order valence-corrected chi connectivity index (χ1v) is 8.21. The summed E-state index contributed by atoms with van der Waals surface area (Å²) in [6, 6.07) is 8.01. The van der Waals surface area contributed by atoms with Crippen LogP contribution in [0.4, 0.5) is 0 Å². The van der Waals surface area contributed by atoms with Crippen molar-refractivity contribution in [2.24, 2.45) is 5.73 Å². The second-order valence-electron chi connectivity index (χ2n) is 4.13. The number of carbonyl (C=O) groups excluding carboxylic acids is 1. The van der Waals surface area contributed by atoms with Crippen LogP contribution in [0.15, 0.2) is 28.7 Å². The van der Waals surface area contributed by atoms with Crippen LogP contribution >= 0.6 is 27.7 Å². The molecule has 2 N–H and O–H groups in total. The van der Waals surface area contributed by atoms with Crippen LogP contribution in [0.2, 0.25) is 0 Å². The van der Waals surface area contributed by atoms with Gasteiger partial charge in [-0.05, 0) is 25.0 Å². The van der Waals surface area contributed by atoms with Crippen LogP contribution in [-0.4, -0.2) is 24.4 Å². The first-order valence-electron chi connectivity index (χ1n) is 6.37. The number of rotatable bonds is 7. The van der Waals surface area contributed by atoms with Gasteiger partial charge in [-0.2, -0.15) is 0 Å². The fraction of sp³-hybridized carbons (Fsp3) is 0.500. The normalized spacial score (nSPS) is 13.9. The van der Waals surface area contributed by atoms with Crippen molar-refractivity contribution in [3.63, 3.8) is 0 Å². The fourth-order valence-corrected chi connectivity index (χ4v) is 3.63. The summed E-state index contributed by atoms with van der Waals surface area (Å²) in [6.45, 7) is 4.28. The monoisotopic (exact) mass is 345 g/mol. The minimum atomic E-state index is -0.187. The largest absolute Gasteiger partial charge is 0.465 e. The van der Waals surface area contributed by atoms with Gasteiger partial charge in [0.15, 0.2) is 0 Å². The second-order valence-corrected chi connectivity index (χ2v) is 6.11. The molecule has 2 unspecified atom stereocenters. The Kier molecular flexibility index (Phi) is 7.49. The summed E-state index contributed by atoms with van der Waals surface area (Å²) in [6.07, 6.45) is 0.863. The van der Waals surface area contributed by atoms with Crippen LogP contribution in [-0.2, 0) is 9.53 Å². The van der Waals surface area contributed by atoms with Gasteiger partial charge in [0.2, 0.25) is 0 Å². The van der Waals surface area contributed by atoms with E-state index < -0.39 is 0 Å². The van der Waals surface area contributed by atoms with Crippen molar-refractivity contribution in [2.75, 3.05) is 12.4 Å². The Bertz CT molecular complexity index is 414. The molecule has 0 aromatic heterocycles. The Morgan fingerprint density at radius 1 is 1.42 bits per heavy atom. The summed E-state index contributed by atoms with van der Waals surface area (Å²) >= 11 is 5.09. The molecule has 0 spiro atoms. The number of benzene rings is 1. The van der Waals surface area contributed by atoms with E-state index in [1.165, 1.54) is 11.8 Å². The third-order valence-corrected chi connectivity index (χ3v) is 4.85. The lowest BCUT2D eigenvalue weighted by Gasteiger charge is -2.23. The maximum Gasteiger partial charge on any atom is 0.315 e. The van der Waals surface area contributed by atoms with E-state index in [1.807, 2.05) is 31.2 Å². The molecule has 106 valence electrons. The van der Waals surface area contributed by atoms with E-state index in [0.717, 1.165) is 16.5 Å². The van der Waals surface area contributed by atoms with E-state index in [1.54, 1.807) is 0 Å². The van der Waals surface area contributed by atoms with E-state index in [4.69, 9.17) is 10.5 Å². The molecule has 0 heterocycles. The van der Waals surface area contributed by atoms with Gasteiger partial charge in [-0.3, -0.25) is 4.79 Å². The van der Waals surface area contributed by atoms with E-state index in [9.17, 15) is 4.79 Å². The van der Waals surface area contributed by atoms with Gasteiger partial charge in [-0.25, -0.2) is 0 Å². The standard InChI is InChI=1S/C14H20BrNO2S/c1-3-12(16)14(19-9-13(17)18-4-2)10-7-5-6-8-11(10)15/h5-8,12,14H,3-4,9,16H2,1-2H3. The highest BCUT2D eigenvalue weighted by Crippen LogP contribution is 2.36. The van der Waals surface area contributed by atoms with Crippen molar-refractivity contribution in [2.45, 2.75) is 31.6 Å². The van der Waals surface area contributed by atoms with Crippen LogP contribution in [0.25, 0.3) is 0 Å². The second kappa shape index (κ2) is 8.61. The van der Waals surface area contributed by atoms with Gasteiger partial charge in [0.1, 0.15) is 0 Å². The Hall–Kier alpha value is -0.520. The van der Waals surface area contributed by atoms with Crippen molar-refractivity contribution in [3.05, 3.63) is 34.3 Å². The Morgan fingerprint density at radius 3 is 2.68 bits per heavy atom. The van der Waals surface area contributed by atoms with Crippen LogP contribution in [0.3, 0.4) is 0 Å². The molecule has 5 heteroatoms. The Balaban J connectivity index is 2.79. The molecule has 0 saturated heterocycles. The SMILES string of the molecule is CCOC(=O)CSC(c1ccccc1Br)C(N)CC. The molecule has 1 aromatic carbocycles. The number of carbonyl (C=O) groups is 1. The number of halogens is 1. The smallest absolute Gasteiger partial charge is 0.315 e. The lowest BCUT2D eigenvalue weighted by Crippen LogP contribution is -2.27. The molecule has 19 heavy (non-hydrogen) atoms. The summed E-state index contributed by atoms with van der Waals surface area (Å²) in [7, 11) is 0. The maximum atomic E-state index is 11.5. The highest BCUT2D eigenvalue weighted by Gasteiger charge is 2.22. The molecule has 0 fully saturated rings. The van der Waals surface area contributed by atoms with Crippen molar-refractivity contribution in [1.82, 2.24) is 0 Å². The number of hydrogen-bond acceptors (Lipinski definition) is 4. The molecule has 3 nitrogen and oxygen atoms in total. The fourth-order valence-electron chi connectivity index (χ4n) is 1.72. The topological polar surface area (TPSA) is 52.3 Å². The number of thioether (sulfide) groups is 1. The van der Waals surface area contributed by atoms with Crippen molar-refractivity contribution >= 4 is 33.7 Å². The van der Waals surface area contributed by atoms with Crippen LogP contribution in [0.1, 0.15) is 31.1 Å². The van der Waals surface area contributed by atoms with Crippen molar-refractivity contribution in [1.29, 1.82) is 0 Å². The summed E-state index contributed by atoms with van der Waals surface area (Å²) in [5.74, 6) is 0.140. The first-order chi connectivity index (χ1) is 9.10. The highest BCUT2D eigenvalue weighted by atomic mass is 79.9. The first kappa shape index (κ1) is 16.5. The van der Waals surface area contributed by atoms with Gasteiger partial charge in [0, 0.05) is 15.8 Å². The molecule has 0 aliphatic heterocycles. The van der Waals surface area contributed by atoms with Crippen LogP contribution in [0.5, 0.6) is 0 Å². The van der Waals surface area contributed by atoms with Crippen LogP contribution in [0, 0.1) is 0 Å². The van der Waals surface area contributed by atoms with Crippen LogP contribution < -0.4 is 5.73 Å². The van der Waals surface area contributed by atoms with E-state index in [0.29, 0.717) is 12.4 Å². The molecule has 0 radical (unpaired) electrons. The summed E-state index contributed by atoms with van der Waals surface area (Å²) < 4.78 is 5.99. The maximum absolute atomic E-state index is 11.5. The third-order valence-electron chi connectivity index (χ3n) is 2.76. The zero-order valence-corrected chi connectivity index (χ0v) is 13.7. The minimum absolute atomic E-state index is 0.0122. The van der Waals surface area contributed by atoms with Crippen molar-refractivity contribution < 1.29 is 9.53 Å². The number of esters is 1. The molecule has 0 aliphatic carbocycles. The minimum Gasteiger partial charge on any atom is -0.465 e. The molecule has 0 bridgehead atoms. The summed E-state index contributed by atoms with van der Waals surface area (Å²) in [5, 5.41) is 0.0879. The quantitative estimate of drug-likeness (QED) is 0.768. The molecule has 0 amide bonds. The number of nitrogens with two attached hydrogens (primary N) is 1. The van der Waals surface area contributed by atoms with Gasteiger partial charge in [0.25, 0.3) is 0 Å². The lowest BCUT2D eigenvalue weighted by atomic mass is 10.0. The Labute approximate surface area is 127 Å². The molecule has 0 saturated carbocycles. The van der Waals surface area contributed by atoms with Gasteiger partial charge < -0.3 is 10.5 Å². The van der Waals surface area contributed by atoms with E-state index in [-0.39, 0.29) is 17.3 Å². The highest BCUT2D eigenvalue weighted by molar-refractivity contribution is 9.10. The van der Waals surface area contributed by atoms with Gasteiger partial charge >= 0.3 is 5.97 Å². The lowest BCUT2D eigenvalue weighted by molar-refractivity contribution is -0.139. The molecular weight excluding hydrogens is 326 g/mol. The zero-order chi connectivity index (χ0) is 14.3. The average Bonchev–Trinajstić information content (AvgIpc) is 2.40. The number of hydrogen-bond donors (Lipinski definition) is 1. The Morgan fingerprint density at radius 2 is 2.11 bits per heavy atom. The van der Waals surface area contributed by atoms with Gasteiger partial charge in [0.05, 0.1) is 12.4 Å². The molecule has 1 rings (SSSR count). The van der Waals surface area contributed by atoms with Crippen molar-refractivity contribution in [3.8, 4) is 0 Å². The summed E-state index contributed by atoms with van der Waals surface area (Å²) in [4.78, 5) is 11.5. The third kappa shape index (κ3) is 5.16. The summed E-state index contributed by atoms with van der Waals surface area (Å²) in [5.41, 5.74) is 7.32. The molecule has 1 aromatic rings. The predicted molar refractivity (Wildman–Crippen MR) is 84.2 cm³/mol. The van der Waals surface area contributed by atoms with E-state index >= 15 is 0 Å². The zero-order valence-electron chi connectivity index (χ0n) is 11.3. The average molecular weight is 346 g/mol. The van der Waals surface area contributed by atoms with Gasteiger partial charge in [-0.15, -0.1) is 11.8 Å². The molecule has 0 aliphatic rings. The van der Waals surface area contributed by atoms with Gasteiger partial charge in [-0.1, -0.05) is 41.1 Å². The number of ether oxygens (including phenoxy) is 1. The molecule has 2 atom stereocenters. The molecular formula is C14H20BrNO2S. The van der Waals surface area contributed by atoms with E-state index in [2.05, 4.69) is 22.9 Å². The predicted octanol–water partition coefficient (Wildman–Crippen LogP) is 3.52.